The van der Waals surface area contributed by atoms with E-state index in [0.717, 1.165) is 0 Å². The summed E-state index contributed by atoms with van der Waals surface area (Å²) in [5, 5.41) is 2.36. The number of ether oxygens (including phenoxy) is 1. The number of halogens is 4. The number of anilines is 1. The van der Waals surface area contributed by atoms with Crippen molar-refractivity contribution < 1.29 is 27.5 Å². The van der Waals surface area contributed by atoms with Gasteiger partial charge in [0.05, 0.1) is 12.2 Å². The normalized spacial score (nSPS) is 11.5. The fourth-order valence-electron chi connectivity index (χ4n) is 1.91. The molecule has 2 aromatic rings. The maximum absolute atomic E-state index is 12.8. The monoisotopic (exact) mass is 334 g/mol. The van der Waals surface area contributed by atoms with Crippen molar-refractivity contribution in [2.24, 2.45) is 0 Å². The van der Waals surface area contributed by atoms with Crippen molar-refractivity contribution in [1.29, 1.82) is 0 Å². The number of carbonyl (C=O) groups is 2. The van der Waals surface area contributed by atoms with Crippen LogP contribution < -0.4 is 5.32 Å². The molecule has 5 nitrogen and oxygen atoms in total. The van der Waals surface area contributed by atoms with Crippen molar-refractivity contribution >= 4 is 40.2 Å². The molecule has 0 radical (unpaired) electrons. The lowest BCUT2D eigenvalue weighted by Gasteiger charge is -2.08. The summed E-state index contributed by atoms with van der Waals surface area (Å²) < 4.78 is 42.9. The zero-order chi connectivity index (χ0) is 16.5. The molecule has 1 heterocycles. The molecule has 2 rings (SSSR count). The second-order valence-electron chi connectivity index (χ2n) is 4.24. The van der Waals surface area contributed by atoms with Crippen LogP contribution in [0, 0.1) is 0 Å². The molecule has 1 amide bonds. The molecular weight excluding hydrogens is 325 g/mol. The second kappa shape index (κ2) is 5.88. The summed E-state index contributed by atoms with van der Waals surface area (Å²) in [6.07, 6.45) is -6.06. The first-order chi connectivity index (χ1) is 10.2. The van der Waals surface area contributed by atoms with Gasteiger partial charge in [-0.15, -0.1) is 0 Å². The van der Waals surface area contributed by atoms with Gasteiger partial charge in [0.2, 0.25) is 0 Å². The number of benzene rings is 1. The quantitative estimate of drug-likeness (QED) is 0.829. The lowest BCUT2D eigenvalue weighted by Crippen LogP contribution is -2.24. The Labute approximate surface area is 127 Å². The molecule has 0 aliphatic rings. The Hall–Kier alpha value is -2.22. The highest BCUT2D eigenvalue weighted by Crippen LogP contribution is 2.33. The number of amides is 1. The third-order valence-corrected chi connectivity index (χ3v) is 2.98. The Balaban J connectivity index is 2.58. The smallest absolute Gasteiger partial charge is 0.450 e. The van der Waals surface area contributed by atoms with E-state index < -0.39 is 29.4 Å². The minimum Gasteiger partial charge on any atom is -0.450 e. The number of fused-ring (bicyclic) bond motifs is 1. The summed E-state index contributed by atoms with van der Waals surface area (Å²) in [5.74, 6) is -2.47. The highest BCUT2D eigenvalue weighted by molar-refractivity contribution is 6.31. The van der Waals surface area contributed by atoms with Crippen LogP contribution in [0.3, 0.4) is 0 Å². The largest absolute Gasteiger partial charge is 0.455 e. The van der Waals surface area contributed by atoms with Gasteiger partial charge in [-0.05, 0) is 19.1 Å². The minimum absolute atomic E-state index is 0.00137. The molecular formula is C13H10ClF3N2O3. The Morgan fingerprint density at radius 2 is 2.05 bits per heavy atom. The summed E-state index contributed by atoms with van der Waals surface area (Å²) in [4.78, 5) is 25.6. The van der Waals surface area contributed by atoms with E-state index in [0.29, 0.717) is 0 Å². The van der Waals surface area contributed by atoms with E-state index in [-0.39, 0.29) is 22.5 Å². The number of Topliss-reactive ketones (excluding diaryl/α,β-unsaturated/α-hetero) is 1. The predicted octanol–water partition coefficient (Wildman–Crippen LogP) is 4.13. The fourth-order valence-corrected chi connectivity index (χ4v) is 2.08. The maximum atomic E-state index is 12.8. The van der Waals surface area contributed by atoms with Crippen molar-refractivity contribution in [2.75, 3.05) is 11.9 Å². The number of H-pyrrole nitrogens is 1. The molecule has 0 atom stereocenters. The molecule has 0 fully saturated rings. The molecule has 0 unspecified atom stereocenters. The van der Waals surface area contributed by atoms with Crippen molar-refractivity contribution in [1.82, 2.24) is 4.98 Å². The lowest BCUT2D eigenvalue weighted by molar-refractivity contribution is -0.0883. The van der Waals surface area contributed by atoms with Crippen molar-refractivity contribution in [3.05, 3.63) is 28.8 Å². The van der Waals surface area contributed by atoms with E-state index in [1.54, 1.807) is 0 Å². The number of rotatable bonds is 3. The van der Waals surface area contributed by atoms with Gasteiger partial charge in [0.25, 0.3) is 5.78 Å². The van der Waals surface area contributed by atoms with Gasteiger partial charge >= 0.3 is 12.3 Å². The van der Waals surface area contributed by atoms with Gasteiger partial charge in [-0.25, -0.2) is 4.79 Å². The average Bonchev–Trinajstić information content (AvgIpc) is 2.73. The van der Waals surface area contributed by atoms with E-state index in [9.17, 15) is 22.8 Å². The van der Waals surface area contributed by atoms with Crippen LogP contribution in [0.4, 0.5) is 23.8 Å². The highest BCUT2D eigenvalue weighted by atomic mass is 35.5. The van der Waals surface area contributed by atoms with E-state index in [1.807, 2.05) is 0 Å². The summed E-state index contributed by atoms with van der Waals surface area (Å²) in [6.45, 7) is 1.56. The number of ketones is 1. The number of aromatic nitrogens is 1. The SMILES string of the molecule is CCOC(=O)Nc1[nH]c2cc(Cl)ccc2c1C(=O)C(F)(F)F. The van der Waals surface area contributed by atoms with Crippen LogP contribution in [-0.2, 0) is 4.74 Å². The number of aromatic amines is 1. The zero-order valence-corrected chi connectivity index (χ0v) is 11.9. The molecule has 0 spiro atoms. The van der Waals surface area contributed by atoms with Crippen molar-refractivity contribution in [2.45, 2.75) is 13.1 Å². The number of nitrogens with one attached hydrogen (secondary N) is 2. The summed E-state index contributed by atoms with van der Waals surface area (Å²) in [5.41, 5.74) is -0.501. The minimum atomic E-state index is -5.08. The zero-order valence-electron chi connectivity index (χ0n) is 11.2. The molecule has 118 valence electrons. The van der Waals surface area contributed by atoms with Gasteiger partial charge in [0.15, 0.2) is 0 Å². The first-order valence-electron chi connectivity index (χ1n) is 6.10. The molecule has 22 heavy (non-hydrogen) atoms. The fraction of sp³-hybridized carbons (Fsp3) is 0.231. The third kappa shape index (κ3) is 3.16. The van der Waals surface area contributed by atoms with Crippen LogP contribution >= 0.6 is 11.6 Å². The Kier molecular flexibility index (Phi) is 4.32. The molecule has 0 bridgehead atoms. The molecule has 1 aromatic heterocycles. The van der Waals surface area contributed by atoms with Gasteiger partial charge in [-0.2, -0.15) is 13.2 Å². The van der Waals surface area contributed by atoms with E-state index >= 15 is 0 Å². The van der Waals surface area contributed by atoms with E-state index in [2.05, 4.69) is 15.0 Å². The van der Waals surface area contributed by atoms with Crippen LogP contribution in [0.15, 0.2) is 18.2 Å². The molecule has 0 saturated heterocycles. The molecule has 1 aromatic carbocycles. The molecule has 0 saturated carbocycles. The first-order valence-corrected chi connectivity index (χ1v) is 6.48. The second-order valence-corrected chi connectivity index (χ2v) is 4.67. The van der Waals surface area contributed by atoms with E-state index in [1.165, 1.54) is 25.1 Å². The van der Waals surface area contributed by atoms with Crippen molar-refractivity contribution in [3.63, 3.8) is 0 Å². The van der Waals surface area contributed by atoms with Gasteiger partial charge < -0.3 is 9.72 Å². The predicted molar refractivity (Wildman–Crippen MR) is 74.3 cm³/mol. The highest BCUT2D eigenvalue weighted by Gasteiger charge is 2.42. The van der Waals surface area contributed by atoms with Crippen molar-refractivity contribution in [3.8, 4) is 0 Å². The van der Waals surface area contributed by atoms with Gasteiger partial charge in [0.1, 0.15) is 5.82 Å². The summed E-state index contributed by atoms with van der Waals surface area (Å²) in [6, 6.07) is 3.96. The number of alkyl halides is 3. The van der Waals surface area contributed by atoms with Crippen LogP contribution in [0.1, 0.15) is 17.3 Å². The summed E-state index contributed by atoms with van der Waals surface area (Å²) >= 11 is 5.77. The Morgan fingerprint density at radius 1 is 1.36 bits per heavy atom. The Morgan fingerprint density at radius 3 is 2.64 bits per heavy atom. The number of hydrogen-bond acceptors (Lipinski definition) is 3. The number of carbonyl (C=O) groups excluding carboxylic acids is 2. The molecule has 9 heteroatoms. The van der Waals surface area contributed by atoms with Gasteiger partial charge in [-0.3, -0.25) is 10.1 Å². The molecule has 0 aliphatic heterocycles. The molecule has 0 aliphatic carbocycles. The molecule has 2 N–H and O–H groups in total. The lowest BCUT2D eigenvalue weighted by atomic mass is 10.1. The average molecular weight is 335 g/mol. The number of hydrogen-bond donors (Lipinski definition) is 2. The Bertz CT molecular complexity index is 740. The van der Waals surface area contributed by atoms with Gasteiger partial charge in [0, 0.05) is 15.9 Å². The van der Waals surface area contributed by atoms with Gasteiger partial charge in [-0.1, -0.05) is 17.7 Å². The maximum Gasteiger partial charge on any atom is 0.455 e. The van der Waals surface area contributed by atoms with Crippen LogP contribution in [0.5, 0.6) is 0 Å². The standard InChI is InChI=1S/C13H10ClF3N2O3/c1-2-22-12(21)19-11-9(10(20)13(15,16)17)7-4-3-6(14)5-8(7)18-11/h3-5,18H,2H2,1H3,(H,19,21). The topological polar surface area (TPSA) is 71.2 Å². The van der Waals surface area contributed by atoms with E-state index in [4.69, 9.17) is 11.6 Å². The summed E-state index contributed by atoms with van der Waals surface area (Å²) in [7, 11) is 0. The van der Waals surface area contributed by atoms with Crippen LogP contribution in [-0.4, -0.2) is 29.6 Å². The van der Waals surface area contributed by atoms with Crippen LogP contribution in [0.2, 0.25) is 5.02 Å². The first kappa shape index (κ1) is 16.2. The van der Waals surface area contributed by atoms with Crippen LogP contribution in [0.25, 0.3) is 10.9 Å². The third-order valence-electron chi connectivity index (χ3n) is 2.75.